The number of rotatable bonds is 5. The lowest BCUT2D eigenvalue weighted by atomic mass is 9.92. The number of ether oxygens (including phenoxy) is 1. The highest BCUT2D eigenvalue weighted by Gasteiger charge is 2.33. The molecule has 0 radical (unpaired) electrons. The minimum atomic E-state index is -0.246. The van der Waals surface area contributed by atoms with Gasteiger partial charge in [-0.2, -0.15) is 0 Å². The second kappa shape index (κ2) is 8.57. The Morgan fingerprint density at radius 1 is 1.21 bits per heavy atom. The third-order valence-corrected chi connectivity index (χ3v) is 6.99. The highest BCUT2D eigenvalue weighted by atomic mass is 32.1. The number of carbonyl (C=O) groups excluding carboxylic acids is 2. The minimum absolute atomic E-state index is 0.0140. The predicted molar refractivity (Wildman–Crippen MR) is 114 cm³/mol. The third kappa shape index (κ3) is 4.32. The van der Waals surface area contributed by atoms with Gasteiger partial charge in [0.15, 0.2) is 5.13 Å². The first-order chi connectivity index (χ1) is 14.0. The Labute approximate surface area is 174 Å². The summed E-state index contributed by atoms with van der Waals surface area (Å²) in [6.45, 7) is 5.50. The fourth-order valence-electron chi connectivity index (χ4n) is 4.28. The van der Waals surface area contributed by atoms with Crippen molar-refractivity contribution in [2.24, 2.45) is 17.6 Å². The molecule has 2 aliphatic heterocycles. The third-order valence-electron chi connectivity index (χ3n) is 5.91. The molecule has 2 aromatic rings. The number of hydrogen-bond donors (Lipinski definition) is 1. The van der Waals surface area contributed by atoms with Crippen molar-refractivity contribution >= 4 is 38.5 Å². The van der Waals surface area contributed by atoms with Crippen LogP contribution < -0.4 is 15.4 Å². The zero-order chi connectivity index (χ0) is 20.4. The molecule has 0 spiro atoms. The summed E-state index contributed by atoms with van der Waals surface area (Å²) in [4.78, 5) is 33.4. The lowest BCUT2D eigenvalue weighted by Gasteiger charge is -2.37. The Kier molecular flexibility index (Phi) is 5.89. The van der Waals surface area contributed by atoms with Gasteiger partial charge >= 0.3 is 0 Å². The molecule has 7 nitrogen and oxygen atoms in total. The molecular weight excluding hydrogens is 388 g/mol. The van der Waals surface area contributed by atoms with Crippen molar-refractivity contribution in [2.75, 3.05) is 37.7 Å². The minimum Gasteiger partial charge on any atom is -0.494 e. The van der Waals surface area contributed by atoms with E-state index in [0.29, 0.717) is 39.1 Å². The Balaban J connectivity index is 1.42. The van der Waals surface area contributed by atoms with Crippen molar-refractivity contribution in [1.82, 2.24) is 9.88 Å². The maximum atomic E-state index is 13.0. The molecule has 4 rings (SSSR count). The van der Waals surface area contributed by atoms with E-state index in [9.17, 15) is 9.59 Å². The zero-order valence-electron chi connectivity index (χ0n) is 16.8. The normalized spacial score (nSPS) is 20.8. The van der Waals surface area contributed by atoms with E-state index < -0.39 is 0 Å². The average molecular weight is 417 g/mol. The number of anilines is 1. The number of hydrogen-bond acceptors (Lipinski definition) is 6. The van der Waals surface area contributed by atoms with Crippen LogP contribution in [0.3, 0.4) is 0 Å². The molecule has 2 aliphatic rings. The van der Waals surface area contributed by atoms with E-state index in [0.717, 1.165) is 40.5 Å². The van der Waals surface area contributed by atoms with Crippen LogP contribution >= 0.6 is 11.3 Å². The Hall–Kier alpha value is -2.35. The van der Waals surface area contributed by atoms with Crippen molar-refractivity contribution in [3.05, 3.63) is 18.2 Å². The summed E-state index contributed by atoms with van der Waals surface area (Å²) >= 11 is 1.66. The Morgan fingerprint density at radius 3 is 2.72 bits per heavy atom. The number of nitrogens with two attached hydrogens (primary N) is 1. The van der Waals surface area contributed by atoms with Gasteiger partial charge in [0.05, 0.1) is 22.7 Å². The summed E-state index contributed by atoms with van der Waals surface area (Å²) in [6.07, 6.45) is 3.24. The number of likely N-dealkylation sites (tertiary alicyclic amines) is 1. The number of thiazole rings is 1. The molecule has 1 atom stereocenters. The summed E-state index contributed by atoms with van der Waals surface area (Å²) in [7, 11) is 0. The zero-order valence-corrected chi connectivity index (χ0v) is 17.6. The fourth-order valence-corrected chi connectivity index (χ4v) is 5.31. The van der Waals surface area contributed by atoms with E-state index >= 15 is 0 Å². The summed E-state index contributed by atoms with van der Waals surface area (Å²) in [5, 5.41) is 0.971. The number of benzene rings is 1. The number of fused-ring (bicyclic) bond motifs is 1. The van der Waals surface area contributed by atoms with E-state index in [1.54, 1.807) is 11.3 Å². The fraction of sp³-hybridized carbons (Fsp3) is 0.571. The molecule has 2 saturated heterocycles. The number of nitrogens with zero attached hydrogens (tertiary/aromatic N) is 3. The first kappa shape index (κ1) is 19.9. The highest BCUT2D eigenvalue weighted by molar-refractivity contribution is 7.22. The first-order valence-electron chi connectivity index (χ1n) is 10.4. The largest absolute Gasteiger partial charge is 0.494 e. The van der Waals surface area contributed by atoms with Gasteiger partial charge in [0.25, 0.3) is 0 Å². The van der Waals surface area contributed by atoms with Crippen molar-refractivity contribution in [3.8, 4) is 5.75 Å². The van der Waals surface area contributed by atoms with Gasteiger partial charge in [-0.15, -0.1) is 0 Å². The van der Waals surface area contributed by atoms with Gasteiger partial charge < -0.3 is 20.3 Å². The van der Waals surface area contributed by atoms with E-state index in [2.05, 4.69) is 4.90 Å². The quantitative estimate of drug-likeness (QED) is 0.809. The second-order valence-electron chi connectivity index (χ2n) is 7.85. The molecule has 2 N–H and O–H groups in total. The molecule has 0 saturated carbocycles. The van der Waals surface area contributed by atoms with E-state index in [1.807, 2.05) is 30.0 Å². The molecular formula is C21H28N4O3S. The van der Waals surface area contributed by atoms with Gasteiger partial charge in [0.2, 0.25) is 11.8 Å². The van der Waals surface area contributed by atoms with Crippen molar-refractivity contribution in [3.63, 3.8) is 0 Å². The van der Waals surface area contributed by atoms with E-state index in [4.69, 9.17) is 15.5 Å². The maximum Gasteiger partial charge on any atom is 0.227 e. The lowest BCUT2D eigenvalue weighted by Crippen LogP contribution is -2.48. The first-order valence-corrected chi connectivity index (χ1v) is 11.2. The lowest BCUT2D eigenvalue weighted by molar-refractivity contribution is -0.138. The molecule has 156 valence electrons. The molecule has 29 heavy (non-hydrogen) atoms. The van der Waals surface area contributed by atoms with Crippen LogP contribution in [0.1, 0.15) is 32.6 Å². The standard InChI is InChI=1S/C21H28N4O3S/c1-2-28-16-5-6-17-18(12-16)29-21(23-17)25-9-3-4-15(13-25)20(27)24-10-7-14(8-11-24)19(22)26/h5-6,12,14-15H,2-4,7-11,13H2,1H3,(H2,22,26). The van der Waals surface area contributed by atoms with Gasteiger partial charge in [-0.05, 0) is 50.8 Å². The number of primary amides is 1. The highest BCUT2D eigenvalue weighted by Crippen LogP contribution is 2.34. The number of carbonyl (C=O) groups is 2. The summed E-state index contributed by atoms with van der Waals surface area (Å²) in [5.41, 5.74) is 6.38. The molecule has 1 aromatic carbocycles. The topological polar surface area (TPSA) is 88.8 Å². The van der Waals surface area contributed by atoms with Crippen LogP contribution in [0.25, 0.3) is 10.2 Å². The van der Waals surface area contributed by atoms with E-state index in [-0.39, 0.29) is 23.7 Å². The molecule has 3 heterocycles. The molecule has 2 fully saturated rings. The SMILES string of the molecule is CCOc1ccc2nc(N3CCCC(C(=O)N4CCC(C(N)=O)CC4)C3)sc2c1. The van der Waals surface area contributed by atoms with Crippen molar-refractivity contribution < 1.29 is 14.3 Å². The summed E-state index contributed by atoms with van der Waals surface area (Å²) in [6, 6.07) is 5.98. The van der Waals surface area contributed by atoms with Crippen LogP contribution in [-0.2, 0) is 9.59 Å². The smallest absolute Gasteiger partial charge is 0.227 e. The van der Waals surface area contributed by atoms with Crippen LogP contribution in [0.15, 0.2) is 18.2 Å². The number of amides is 2. The van der Waals surface area contributed by atoms with Crippen LogP contribution in [0, 0.1) is 11.8 Å². The van der Waals surface area contributed by atoms with Gasteiger partial charge in [-0.3, -0.25) is 9.59 Å². The number of piperidine rings is 2. The summed E-state index contributed by atoms with van der Waals surface area (Å²) in [5.74, 6) is 0.717. The molecule has 0 bridgehead atoms. The van der Waals surface area contributed by atoms with Crippen LogP contribution in [0.2, 0.25) is 0 Å². The Bertz CT molecular complexity index is 891. The van der Waals surface area contributed by atoms with Gasteiger partial charge in [-0.25, -0.2) is 4.98 Å². The molecule has 0 aliphatic carbocycles. The van der Waals surface area contributed by atoms with Gasteiger partial charge in [0.1, 0.15) is 5.75 Å². The van der Waals surface area contributed by atoms with Crippen molar-refractivity contribution in [1.29, 1.82) is 0 Å². The molecule has 1 unspecified atom stereocenters. The maximum absolute atomic E-state index is 13.0. The van der Waals surface area contributed by atoms with Crippen LogP contribution in [-0.4, -0.2) is 54.5 Å². The van der Waals surface area contributed by atoms with E-state index in [1.165, 1.54) is 0 Å². The van der Waals surface area contributed by atoms with Gasteiger partial charge in [0, 0.05) is 32.1 Å². The molecule has 2 amide bonds. The monoisotopic (exact) mass is 416 g/mol. The molecule has 8 heteroatoms. The van der Waals surface area contributed by atoms with Gasteiger partial charge in [-0.1, -0.05) is 11.3 Å². The number of aromatic nitrogens is 1. The second-order valence-corrected chi connectivity index (χ2v) is 8.86. The van der Waals surface area contributed by atoms with Crippen LogP contribution in [0.4, 0.5) is 5.13 Å². The summed E-state index contributed by atoms with van der Waals surface area (Å²) < 4.78 is 6.70. The Morgan fingerprint density at radius 2 is 2.00 bits per heavy atom. The average Bonchev–Trinajstić information content (AvgIpc) is 3.17. The predicted octanol–water partition coefficient (Wildman–Crippen LogP) is 2.64. The van der Waals surface area contributed by atoms with Crippen LogP contribution in [0.5, 0.6) is 5.75 Å². The molecule has 1 aromatic heterocycles. The van der Waals surface area contributed by atoms with Crippen molar-refractivity contribution in [2.45, 2.75) is 32.6 Å².